The standard InChI is InChI=1S/C22H24N2O5S/c25-22(10-8-18-7-9-20-21(17-18)29-16-4-15-28-20)23-11-13-24(14-12-23)30(26,27)19-5-2-1-3-6-19/h1-3,5-10,17H,4,11-16H2. The highest BCUT2D eigenvalue weighted by Crippen LogP contribution is 2.30. The number of hydrogen-bond acceptors (Lipinski definition) is 5. The monoisotopic (exact) mass is 428 g/mol. The molecule has 0 unspecified atom stereocenters. The van der Waals surface area contributed by atoms with Crippen molar-refractivity contribution in [2.24, 2.45) is 0 Å². The minimum absolute atomic E-state index is 0.140. The Kier molecular flexibility index (Phi) is 6.06. The number of sulfonamides is 1. The summed E-state index contributed by atoms with van der Waals surface area (Å²) in [4.78, 5) is 14.5. The van der Waals surface area contributed by atoms with Crippen molar-refractivity contribution in [3.8, 4) is 11.5 Å². The topological polar surface area (TPSA) is 76.2 Å². The summed E-state index contributed by atoms with van der Waals surface area (Å²) >= 11 is 0. The Morgan fingerprint density at radius 2 is 1.60 bits per heavy atom. The van der Waals surface area contributed by atoms with Gasteiger partial charge in [-0.2, -0.15) is 4.31 Å². The van der Waals surface area contributed by atoms with Crippen molar-refractivity contribution in [3.05, 3.63) is 60.2 Å². The fourth-order valence-corrected chi connectivity index (χ4v) is 4.89. The van der Waals surface area contributed by atoms with Gasteiger partial charge in [-0.05, 0) is 35.9 Å². The van der Waals surface area contributed by atoms with Crippen LogP contribution in [0.5, 0.6) is 11.5 Å². The van der Waals surface area contributed by atoms with Crippen molar-refractivity contribution in [2.75, 3.05) is 39.4 Å². The average molecular weight is 429 g/mol. The minimum Gasteiger partial charge on any atom is -0.490 e. The van der Waals surface area contributed by atoms with Crippen molar-refractivity contribution in [1.82, 2.24) is 9.21 Å². The second-order valence-electron chi connectivity index (χ2n) is 7.13. The predicted octanol–water partition coefficient (Wildman–Crippen LogP) is 2.39. The lowest BCUT2D eigenvalue weighted by molar-refractivity contribution is -0.127. The van der Waals surface area contributed by atoms with Crippen LogP contribution < -0.4 is 9.47 Å². The van der Waals surface area contributed by atoms with Crippen LogP contribution in [-0.4, -0.2) is 62.9 Å². The van der Waals surface area contributed by atoms with Gasteiger partial charge in [0.1, 0.15) is 0 Å². The Hall–Kier alpha value is -2.84. The van der Waals surface area contributed by atoms with E-state index in [2.05, 4.69) is 0 Å². The van der Waals surface area contributed by atoms with Crippen LogP contribution in [0.25, 0.3) is 6.08 Å². The van der Waals surface area contributed by atoms with Crippen molar-refractivity contribution in [3.63, 3.8) is 0 Å². The number of benzene rings is 2. The highest BCUT2D eigenvalue weighted by Gasteiger charge is 2.29. The molecule has 7 nitrogen and oxygen atoms in total. The lowest BCUT2D eigenvalue weighted by Crippen LogP contribution is -2.50. The second kappa shape index (κ2) is 8.89. The Morgan fingerprint density at radius 1 is 0.900 bits per heavy atom. The molecule has 1 amide bonds. The van der Waals surface area contributed by atoms with Gasteiger partial charge in [0.2, 0.25) is 15.9 Å². The van der Waals surface area contributed by atoms with E-state index in [1.165, 1.54) is 10.4 Å². The number of rotatable bonds is 4. The number of amides is 1. The minimum atomic E-state index is -3.53. The third kappa shape index (κ3) is 4.49. The molecule has 0 aromatic heterocycles. The van der Waals surface area contributed by atoms with Gasteiger partial charge in [0.15, 0.2) is 11.5 Å². The molecule has 2 heterocycles. The first-order chi connectivity index (χ1) is 14.5. The molecule has 1 saturated heterocycles. The fourth-order valence-electron chi connectivity index (χ4n) is 3.45. The molecule has 0 radical (unpaired) electrons. The zero-order valence-corrected chi connectivity index (χ0v) is 17.4. The normalized spacial score (nSPS) is 17.7. The summed E-state index contributed by atoms with van der Waals surface area (Å²) in [7, 11) is -3.53. The highest BCUT2D eigenvalue weighted by molar-refractivity contribution is 7.89. The first-order valence-electron chi connectivity index (χ1n) is 9.96. The van der Waals surface area contributed by atoms with Crippen molar-refractivity contribution >= 4 is 22.0 Å². The zero-order chi connectivity index (χ0) is 21.0. The quantitative estimate of drug-likeness (QED) is 0.699. The molecule has 0 saturated carbocycles. The van der Waals surface area contributed by atoms with Crippen molar-refractivity contribution < 1.29 is 22.7 Å². The summed E-state index contributed by atoms with van der Waals surface area (Å²) in [5, 5.41) is 0. The first-order valence-corrected chi connectivity index (χ1v) is 11.4. The Balaban J connectivity index is 1.36. The van der Waals surface area contributed by atoms with Crippen LogP contribution in [0, 0.1) is 0 Å². The molecule has 8 heteroatoms. The van der Waals surface area contributed by atoms with Crippen LogP contribution in [0.15, 0.2) is 59.5 Å². The third-order valence-corrected chi connectivity index (χ3v) is 7.03. The van der Waals surface area contributed by atoms with Crippen LogP contribution in [0.1, 0.15) is 12.0 Å². The Morgan fingerprint density at radius 3 is 2.33 bits per heavy atom. The molecular weight excluding hydrogens is 404 g/mol. The number of ether oxygens (including phenoxy) is 2. The second-order valence-corrected chi connectivity index (χ2v) is 9.07. The Labute approximate surface area is 176 Å². The van der Waals surface area contributed by atoms with E-state index in [4.69, 9.17) is 9.47 Å². The number of piperazine rings is 1. The van der Waals surface area contributed by atoms with Gasteiger partial charge in [0.05, 0.1) is 18.1 Å². The van der Waals surface area contributed by atoms with E-state index in [9.17, 15) is 13.2 Å². The average Bonchev–Trinajstić information content (AvgIpc) is 3.03. The van der Waals surface area contributed by atoms with E-state index >= 15 is 0 Å². The van der Waals surface area contributed by atoms with Crippen LogP contribution in [0.2, 0.25) is 0 Å². The molecule has 158 valence electrons. The lowest BCUT2D eigenvalue weighted by atomic mass is 10.2. The van der Waals surface area contributed by atoms with Crippen molar-refractivity contribution in [2.45, 2.75) is 11.3 Å². The zero-order valence-electron chi connectivity index (χ0n) is 16.6. The van der Waals surface area contributed by atoms with E-state index in [-0.39, 0.29) is 23.9 Å². The molecule has 0 atom stereocenters. The molecule has 2 aromatic rings. The van der Waals surface area contributed by atoms with Gasteiger partial charge in [-0.3, -0.25) is 4.79 Å². The van der Waals surface area contributed by atoms with E-state index in [0.717, 1.165) is 12.0 Å². The first kappa shape index (κ1) is 20.4. The van der Waals surface area contributed by atoms with Gasteiger partial charge in [-0.25, -0.2) is 8.42 Å². The lowest BCUT2D eigenvalue weighted by Gasteiger charge is -2.33. The Bertz CT molecular complexity index is 1030. The molecule has 30 heavy (non-hydrogen) atoms. The van der Waals surface area contributed by atoms with Gasteiger partial charge >= 0.3 is 0 Å². The molecule has 0 spiro atoms. The molecule has 2 aliphatic rings. The molecule has 0 aliphatic carbocycles. The smallest absolute Gasteiger partial charge is 0.246 e. The largest absolute Gasteiger partial charge is 0.490 e. The summed E-state index contributed by atoms with van der Waals surface area (Å²) in [6.07, 6.45) is 4.09. The molecule has 0 bridgehead atoms. The fraction of sp³-hybridized carbons (Fsp3) is 0.318. The summed E-state index contributed by atoms with van der Waals surface area (Å²) in [5.41, 5.74) is 0.845. The van der Waals surface area contributed by atoms with E-state index in [0.29, 0.717) is 37.8 Å². The van der Waals surface area contributed by atoms with Crippen LogP contribution in [-0.2, 0) is 14.8 Å². The van der Waals surface area contributed by atoms with Gasteiger partial charge < -0.3 is 14.4 Å². The maximum Gasteiger partial charge on any atom is 0.246 e. The van der Waals surface area contributed by atoms with Crippen LogP contribution >= 0.6 is 0 Å². The van der Waals surface area contributed by atoms with Gasteiger partial charge in [0.25, 0.3) is 0 Å². The predicted molar refractivity (Wildman–Crippen MR) is 113 cm³/mol. The van der Waals surface area contributed by atoms with Crippen molar-refractivity contribution in [1.29, 1.82) is 0 Å². The van der Waals surface area contributed by atoms with Gasteiger partial charge in [-0.1, -0.05) is 24.3 Å². The van der Waals surface area contributed by atoms with E-state index < -0.39 is 10.0 Å². The highest BCUT2D eigenvalue weighted by atomic mass is 32.2. The number of carbonyl (C=O) groups excluding carboxylic acids is 1. The number of carbonyl (C=O) groups is 1. The van der Waals surface area contributed by atoms with E-state index in [1.54, 1.807) is 41.3 Å². The molecule has 2 aliphatic heterocycles. The summed E-state index contributed by atoms with van der Waals surface area (Å²) in [6, 6.07) is 13.9. The molecule has 2 aromatic carbocycles. The molecule has 0 N–H and O–H groups in total. The summed E-state index contributed by atoms with van der Waals surface area (Å²) < 4.78 is 38.1. The van der Waals surface area contributed by atoms with Gasteiger partial charge in [0, 0.05) is 38.7 Å². The number of fused-ring (bicyclic) bond motifs is 1. The SMILES string of the molecule is O=C(C=Cc1ccc2c(c1)OCCCO2)N1CCN(S(=O)(=O)c2ccccc2)CC1. The van der Waals surface area contributed by atoms with Crippen LogP contribution in [0.3, 0.4) is 0 Å². The summed E-state index contributed by atoms with van der Waals surface area (Å²) in [5.74, 6) is 1.26. The van der Waals surface area contributed by atoms with Gasteiger partial charge in [-0.15, -0.1) is 0 Å². The number of nitrogens with zero attached hydrogens (tertiary/aromatic N) is 2. The molecule has 1 fully saturated rings. The maximum atomic E-state index is 12.7. The molecular formula is C22H24N2O5S. The number of hydrogen-bond donors (Lipinski definition) is 0. The van der Waals surface area contributed by atoms with E-state index in [1.807, 2.05) is 18.2 Å². The summed E-state index contributed by atoms with van der Waals surface area (Å²) in [6.45, 7) is 2.51. The van der Waals surface area contributed by atoms with Crippen LogP contribution in [0.4, 0.5) is 0 Å². The third-order valence-electron chi connectivity index (χ3n) is 5.12. The maximum absolute atomic E-state index is 12.7. The molecule has 4 rings (SSSR count).